The van der Waals surface area contributed by atoms with Crippen LogP contribution in [0.25, 0.3) is 0 Å². The second-order valence-electron chi connectivity index (χ2n) is 4.71. The Morgan fingerprint density at radius 2 is 1.91 bits per heavy atom. The predicted octanol–water partition coefficient (Wildman–Crippen LogP) is 1.86. The summed E-state index contributed by atoms with van der Waals surface area (Å²) in [5.41, 5.74) is 1.05. The van der Waals surface area contributed by atoms with Gasteiger partial charge in [0.15, 0.2) is 0 Å². The number of hydrogen-bond donors (Lipinski definition) is 1. The number of nitrogens with zero attached hydrogens (tertiary/aromatic N) is 2. The van der Waals surface area contributed by atoms with Crippen molar-refractivity contribution in [2.45, 2.75) is 25.3 Å². The average molecular weight is 342 g/mol. The van der Waals surface area contributed by atoms with E-state index in [-0.39, 0.29) is 10.5 Å². The molecule has 22 heavy (non-hydrogen) atoms. The van der Waals surface area contributed by atoms with Crippen LogP contribution in [0.3, 0.4) is 0 Å². The van der Waals surface area contributed by atoms with E-state index in [0.717, 1.165) is 0 Å². The van der Waals surface area contributed by atoms with Crippen LogP contribution in [0.4, 0.5) is 0 Å². The fourth-order valence-electron chi connectivity index (χ4n) is 2.19. The highest BCUT2D eigenvalue weighted by molar-refractivity contribution is 7.90. The average Bonchev–Trinajstić information content (AvgIpc) is 2.75. The first-order valence-corrected chi connectivity index (χ1v) is 8.60. The maximum Gasteiger partial charge on any atom is 0.267 e. The van der Waals surface area contributed by atoms with E-state index in [2.05, 4.69) is 9.82 Å². The molecule has 0 saturated carbocycles. The van der Waals surface area contributed by atoms with E-state index in [9.17, 15) is 13.2 Å². The Kier molecular flexibility index (Phi) is 4.87. The monoisotopic (exact) mass is 341 g/mol. The van der Waals surface area contributed by atoms with Gasteiger partial charge in [0.25, 0.3) is 15.9 Å². The van der Waals surface area contributed by atoms with Crippen molar-refractivity contribution >= 4 is 27.5 Å². The van der Waals surface area contributed by atoms with Crippen LogP contribution in [0.5, 0.6) is 0 Å². The number of rotatable bonds is 5. The van der Waals surface area contributed by atoms with E-state index in [1.54, 1.807) is 44.2 Å². The number of aryl methyl sites for hydroxylation is 2. The minimum absolute atomic E-state index is 0.0156. The van der Waals surface area contributed by atoms with Gasteiger partial charge in [-0.25, -0.2) is 13.1 Å². The number of halogens is 1. The van der Waals surface area contributed by atoms with Gasteiger partial charge in [-0.2, -0.15) is 5.10 Å². The summed E-state index contributed by atoms with van der Waals surface area (Å²) in [5.74, 6) is -0.359. The number of nitrogens with one attached hydrogen (secondary N) is 1. The van der Waals surface area contributed by atoms with Crippen molar-refractivity contribution in [2.75, 3.05) is 5.88 Å². The first-order chi connectivity index (χ1) is 10.4. The number of aromatic nitrogens is 2. The molecule has 2 aromatic rings. The number of hydrogen-bond acceptors (Lipinski definition) is 4. The van der Waals surface area contributed by atoms with Crippen LogP contribution in [0.15, 0.2) is 35.2 Å². The molecule has 0 saturated heterocycles. The molecular formula is C14H16ClN3O3S. The maximum atomic E-state index is 12.5. The van der Waals surface area contributed by atoms with Gasteiger partial charge in [0, 0.05) is 11.4 Å². The van der Waals surface area contributed by atoms with Crippen molar-refractivity contribution in [2.24, 2.45) is 0 Å². The molecule has 1 amide bonds. The van der Waals surface area contributed by atoms with Crippen LogP contribution in [-0.4, -0.2) is 30.0 Å². The first-order valence-electron chi connectivity index (χ1n) is 6.59. The van der Waals surface area contributed by atoms with Crippen molar-refractivity contribution in [3.05, 3.63) is 47.3 Å². The molecule has 0 bridgehead atoms. The van der Waals surface area contributed by atoms with E-state index in [0.29, 0.717) is 23.8 Å². The van der Waals surface area contributed by atoms with Crippen LogP contribution in [0, 0.1) is 13.8 Å². The Labute approximate surface area is 134 Å². The van der Waals surface area contributed by atoms with Gasteiger partial charge in [-0.1, -0.05) is 18.2 Å². The van der Waals surface area contributed by atoms with Gasteiger partial charge in [0.05, 0.1) is 17.9 Å². The topological polar surface area (TPSA) is 81.1 Å². The SMILES string of the molecule is Cc1nn(CCCl)c(C)c1S(=O)(=O)NC(=O)c1ccccc1. The van der Waals surface area contributed by atoms with Gasteiger partial charge in [0.1, 0.15) is 4.90 Å². The molecule has 8 heteroatoms. The lowest BCUT2D eigenvalue weighted by atomic mass is 10.2. The highest BCUT2D eigenvalue weighted by Crippen LogP contribution is 2.19. The molecule has 0 atom stereocenters. The molecule has 2 rings (SSSR count). The minimum atomic E-state index is -3.99. The molecule has 6 nitrogen and oxygen atoms in total. The van der Waals surface area contributed by atoms with E-state index in [1.807, 2.05) is 0 Å². The number of benzene rings is 1. The largest absolute Gasteiger partial charge is 0.268 e. The van der Waals surface area contributed by atoms with E-state index < -0.39 is 15.9 Å². The van der Waals surface area contributed by atoms with Crippen molar-refractivity contribution < 1.29 is 13.2 Å². The van der Waals surface area contributed by atoms with Gasteiger partial charge in [-0.3, -0.25) is 9.48 Å². The Morgan fingerprint density at radius 3 is 2.50 bits per heavy atom. The third-order valence-corrected chi connectivity index (χ3v) is 4.89. The van der Waals surface area contributed by atoms with Crippen molar-refractivity contribution in [3.63, 3.8) is 0 Å². The Hall–Kier alpha value is -1.86. The van der Waals surface area contributed by atoms with Gasteiger partial charge >= 0.3 is 0 Å². The molecule has 0 aliphatic rings. The minimum Gasteiger partial charge on any atom is -0.268 e. The third-order valence-electron chi connectivity index (χ3n) is 3.14. The summed E-state index contributed by atoms with van der Waals surface area (Å²) in [6.07, 6.45) is 0. The summed E-state index contributed by atoms with van der Waals surface area (Å²) in [6, 6.07) is 8.16. The second-order valence-corrected chi connectivity index (χ2v) is 6.71. The molecule has 1 heterocycles. The van der Waals surface area contributed by atoms with Crippen LogP contribution < -0.4 is 4.72 Å². The number of carbonyl (C=O) groups excluding carboxylic acids is 1. The number of amides is 1. The molecule has 118 valence electrons. The fraction of sp³-hybridized carbons (Fsp3) is 0.286. The second kappa shape index (κ2) is 6.50. The Balaban J connectivity index is 2.34. The molecular weight excluding hydrogens is 326 g/mol. The predicted molar refractivity (Wildman–Crippen MR) is 83.5 cm³/mol. The lowest BCUT2D eigenvalue weighted by Gasteiger charge is -2.07. The summed E-state index contributed by atoms with van der Waals surface area (Å²) in [6.45, 7) is 3.61. The summed E-state index contributed by atoms with van der Waals surface area (Å²) in [5, 5.41) is 4.15. The zero-order valence-electron chi connectivity index (χ0n) is 12.2. The smallest absolute Gasteiger partial charge is 0.267 e. The lowest BCUT2D eigenvalue weighted by Crippen LogP contribution is -2.31. The molecule has 1 aromatic carbocycles. The molecule has 0 fully saturated rings. The van der Waals surface area contributed by atoms with Crippen LogP contribution in [0.1, 0.15) is 21.7 Å². The molecule has 0 aliphatic heterocycles. The van der Waals surface area contributed by atoms with Gasteiger partial charge in [-0.15, -0.1) is 11.6 Å². The van der Waals surface area contributed by atoms with Crippen molar-refractivity contribution in [1.29, 1.82) is 0 Å². The quantitative estimate of drug-likeness (QED) is 0.842. The summed E-state index contributed by atoms with van der Waals surface area (Å²) in [7, 11) is -3.99. The van der Waals surface area contributed by atoms with E-state index in [1.165, 1.54) is 4.68 Å². The lowest BCUT2D eigenvalue weighted by molar-refractivity contribution is 0.0981. The maximum absolute atomic E-state index is 12.5. The molecule has 0 unspecified atom stereocenters. The van der Waals surface area contributed by atoms with Gasteiger partial charge in [0.2, 0.25) is 0 Å². The number of carbonyl (C=O) groups is 1. The molecule has 1 aromatic heterocycles. The van der Waals surface area contributed by atoms with Crippen molar-refractivity contribution in [1.82, 2.24) is 14.5 Å². The molecule has 0 spiro atoms. The van der Waals surface area contributed by atoms with Crippen LogP contribution >= 0.6 is 11.6 Å². The Bertz CT molecular complexity index is 785. The normalized spacial score (nSPS) is 11.4. The zero-order valence-corrected chi connectivity index (χ0v) is 13.8. The molecule has 1 N–H and O–H groups in total. The standard InChI is InChI=1S/C14H16ClN3O3S/c1-10-13(11(2)18(16-10)9-8-15)22(20,21)17-14(19)12-6-4-3-5-7-12/h3-7H,8-9H2,1-2H3,(H,17,19). The van der Waals surface area contributed by atoms with E-state index >= 15 is 0 Å². The van der Waals surface area contributed by atoms with Gasteiger partial charge in [-0.05, 0) is 26.0 Å². The van der Waals surface area contributed by atoms with E-state index in [4.69, 9.17) is 11.6 Å². The van der Waals surface area contributed by atoms with Gasteiger partial charge < -0.3 is 0 Å². The van der Waals surface area contributed by atoms with Crippen LogP contribution in [-0.2, 0) is 16.6 Å². The number of sulfonamides is 1. The fourth-order valence-corrected chi connectivity index (χ4v) is 3.74. The zero-order chi connectivity index (χ0) is 16.3. The number of alkyl halides is 1. The first kappa shape index (κ1) is 16.5. The Morgan fingerprint density at radius 1 is 1.27 bits per heavy atom. The summed E-state index contributed by atoms with van der Waals surface area (Å²) in [4.78, 5) is 12.1. The highest BCUT2D eigenvalue weighted by atomic mass is 35.5. The van der Waals surface area contributed by atoms with Crippen LogP contribution in [0.2, 0.25) is 0 Å². The third kappa shape index (κ3) is 3.31. The molecule has 0 radical (unpaired) electrons. The summed E-state index contributed by atoms with van der Waals surface area (Å²) < 4.78 is 28.5. The summed E-state index contributed by atoms with van der Waals surface area (Å²) >= 11 is 5.67. The highest BCUT2D eigenvalue weighted by Gasteiger charge is 2.26. The van der Waals surface area contributed by atoms with Crippen molar-refractivity contribution in [3.8, 4) is 0 Å². The molecule has 0 aliphatic carbocycles.